The number of rotatable bonds is 5. The average molecular weight is 318 g/mol. The van der Waals surface area contributed by atoms with Crippen LogP contribution in [0.5, 0.6) is 0 Å². The topological polar surface area (TPSA) is 33.1 Å². The second-order valence-corrected chi connectivity index (χ2v) is 6.58. The molecule has 3 rings (SSSR count). The molecule has 1 unspecified atom stereocenters. The van der Waals surface area contributed by atoms with Gasteiger partial charge in [0.2, 0.25) is 0 Å². The van der Waals surface area contributed by atoms with Crippen LogP contribution in [0.1, 0.15) is 17.0 Å². The van der Waals surface area contributed by atoms with Crippen molar-refractivity contribution < 1.29 is 5.11 Å². The van der Waals surface area contributed by atoms with Crippen LogP contribution in [0.2, 0.25) is 0 Å². The zero-order chi connectivity index (χ0) is 14.7. The van der Waals surface area contributed by atoms with Gasteiger partial charge in [0.25, 0.3) is 0 Å². The largest absolute Gasteiger partial charge is 0.385 e. The quantitative estimate of drug-likeness (QED) is 0.709. The average Bonchev–Trinajstić information content (AvgIpc) is 2.90. The molecular formula is C17H16ClNOS. The van der Waals surface area contributed by atoms with E-state index in [4.69, 9.17) is 11.6 Å². The van der Waals surface area contributed by atoms with Gasteiger partial charge in [-0.2, -0.15) is 0 Å². The molecule has 0 aliphatic heterocycles. The van der Waals surface area contributed by atoms with E-state index >= 15 is 0 Å². The summed E-state index contributed by atoms with van der Waals surface area (Å²) in [4.78, 5) is 4.62. The first-order chi connectivity index (χ1) is 10.2. The van der Waals surface area contributed by atoms with E-state index in [9.17, 15) is 5.11 Å². The van der Waals surface area contributed by atoms with E-state index in [1.54, 1.807) is 11.3 Å². The van der Waals surface area contributed by atoms with E-state index in [-0.39, 0.29) is 0 Å². The zero-order valence-electron chi connectivity index (χ0n) is 11.5. The third kappa shape index (κ3) is 3.10. The maximum atomic E-state index is 11.0. The molecule has 1 atom stereocenters. The summed E-state index contributed by atoms with van der Waals surface area (Å²) >= 11 is 7.53. The van der Waals surface area contributed by atoms with Gasteiger partial charge >= 0.3 is 0 Å². The predicted molar refractivity (Wildman–Crippen MR) is 89.0 cm³/mol. The zero-order valence-corrected chi connectivity index (χ0v) is 13.1. The molecule has 3 aromatic rings. The van der Waals surface area contributed by atoms with Crippen LogP contribution in [-0.2, 0) is 12.0 Å². The minimum Gasteiger partial charge on any atom is -0.385 e. The Morgan fingerprint density at radius 3 is 2.48 bits per heavy atom. The van der Waals surface area contributed by atoms with Crippen molar-refractivity contribution >= 4 is 33.2 Å². The van der Waals surface area contributed by atoms with E-state index in [0.29, 0.717) is 18.7 Å². The second-order valence-electron chi connectivity index (χ2n) is 5.09. The Morgan fingerprint density at radius 1 is 1.05 bits per heavy atom. The Balaban J connectivity index is 1.94. The highest BCUT2D eigenvalue weighted by molar-refractivity contribution is 7.18. The van der Waals surface area contributed by atoms with Crippen molar-refractivity contribution in [2.45, 2.75) is 18.4 Å². The monoisotopic (exact) mass is 317 g/mol. The molecule has 0 amide bonds. The minimum absolute atomic E-state index is 0.413. The highest BCUT2D eigenvalue weighted by Crippen LogP contribution is 2.32. The standard InChI is InChI=1S/C17H16ClNOS/c18-11-10-17(20,13-6-2-1-3-7-13)12-16-19-14-8-4-5-9-15(14)21-16/h1-9,20H,10-12H2. The summed E-state index contributed by atoms with van der Waals surface area (Å²) in [6.45, 7) is 0. The lowest BCUT2D eigenvalue weighted by Crippen LogP contribution is -2.29. The van der Waals surface area contributed by atoms with Crippen LogP contribution >= 0.6 is 22.9 Å². The van der Waals surface area contributed by atoms with Crippen LogP contribution in [0, 0.1) is 0 Å². The number of hydrogen-bond acceptors (Lipinski definition) is 3. The first-order valence-corrected chi connectivity index (χ1v) is 8.25. The van der Waals surface area contributed by atoms with Crippen LogP contribution in [0.4, 0.5) is 0 Å². The molecular weight excluding hydrogens is 302 g/mol. The molecule has 2 nitrogen and oxygen atoms in total. The summed E-state index contributed by atoms with van der Waals surface area (Å²) in [6.07, 6.45) is 0.998. The van der Waals surface area contributed by atoms with Gasteiger partial charge in [0.15, 0.2) is 0 Å². The normalized spacial score (nSPS) is 14.2. The van der Waals surface area contributed by atoms with Gasteiger partial charge in [-0.15, -0.1) is 22.9 Å². The van der Waals surface area contributed by atoms with Crippen LogP contribution in [0.3, 0.4) is 0 Å². The van der Waals surface area contributed by atoms with Gasteiger partial charge in [-0.1, -0.05) is 42.5 Å². The molecule has 0 bridgehead atoms. The van der Waals surface area contributed by atoms with Crippen molar-refractivity contribution in [3.05, 3.63) is 65.2 Å². The fraction of sp³-hybridized carbons (Fsp3) is 0.235. The van der Waals surface area contributed by atoms with Crippen LogP contribution < -0.4 is 0 Å². The fourth-order valence-electron chi connectivity index (χ4n) is 2.49. The molecule has 0 saturated heterocycles. The summed E-state index contributed by atoms with van der Waals surface area (Å²) in [5.41, 5.74) is 0.917. The minimum atomic E-state index is -0.961. The Kier molecular flexibility index (Phi) is 4.24. The SMILES string of the molecule is OC(CCCl)(Cc1nc2ccccc2s1)c1ccccc1. The third-order valence-corrected chi connectivity index (χ3v) is 4.83. The molecule has 0 aliphatic rings. The third-order valence-electron chi connectivity index (χ3n) is 3.60. The summed E-state index contributed by atoms with van der Waals surface area (Å²) in [5, 5.41) is 12.0. The van der Waals surface area contributed by atoms with Gasteiger partial charge in [0.05, 0.1) is 20.8 Å². The van der Waals surface area contributed by atoms with Crippen molar-refractivity contribution in [1.29, 1.82) is 0 Å². The number of aliphatic hydroxyl groups is 1. The van der Waals surface area contributed by atoms with E-state index in [1.165, 1.54) is 0 Å². The number of alkyl halides is 1. The number of benzene rings is 2. The molecule has 1 aromatic heterocycles. The smallest absolute Gasteiger partial charge is 0.0971 e. The van der Waals surface area contributed by atoms with Crippen molar-refractivity contribution in [2.75, 3.05) is 5.88 Å². The Hall–Kier alpha value is -1.42. The fourth-order valence-corrected chi connectivity index (χ4v) is 3.87. The van der Waals surface area contributed by atoms with E-state index in [2.05, 4.69) is 11.1 Å². The molecule has 0 aliphatic carbocycles. The van der Waals surface area contributed by atoms with Gasteiger partial charge in [0, 0.05) is 12.3 Å². The Bertz CT molecular complexity index is 695. The van der Waals surface area contributed by atoms with Crippen molar-refractivity contribution in [2.24, 2.45) is 0 Å². The van der Waals surface area contributed by atoms with Gasteiger partial charge in [-0.25, -0.2) is 4.98 Å². The summed E-state index contributed by atoms with van der Waals surface area (Å²) in [7, 11) is 0. The van der Waals surface area contributed by atoms with Gasteiger partial charge in [-0.05, 0) is 24.1 Å². The molecule has 0 spiro atoms. The van der Waals surface area contributed by atoms with E-state index in [0.717, 1.165) is 20.8 Å². The molecule has 0 fully saturated rings. The van der Waals surface area contributed by atoms with Crippen LogP contribution in [-0.4, -0.2) is 16.0 Å². The Labute approximate surface area is 133 Å². The van der Waals surface area contributed by atoms with Crippen molar-refractivity contribution in [1.82, 2.24) is 4.98 Å². The maximum absolute atomic E-state index is 11.0. The maximum Gasteiger partial charge on any atom is 0.0971 e. The van der Waals surface area contributed by atoms with Crippen LogP contribution in [0.25, 0.3) is 10.2 Å². The molecule has 1 heterocycles. The molecule has 108 valence electrons. The summed E-state index contributed by atoms with van der Waals surface area (Å²) in [6, 6.07) is 17.8. The van der Waals surface area contributed by atoms with E-state index in [1.807, 2.05) is 48.5 Å². The molecule has 4 heteroatoms. The lowest BCUT2D eigenvalue weighted by atomic mass is 9.88. The predicted octanol–water partition coefficient (Wildman–Crippen LogP) is 4.36. The van der Waals surface area contributed by atoms with Gasteiger partial charge in [0.1, 0.15) is 0 Å². The number of halogens is 1. The van der Waals surface area contributed by atoms with Gasteiger partial charge < -0.3 is 5.11 Å². The number of thiazole rings is 1. The highest BCUT2D eigenvalue weighted by atomic mass is 35.5. The first kappa shape index (κ1) is 14.5. The molecule has 0 radical (unpaired) electrons. The first-order valence-electron chi connectivity index (χ1n) is 6.90. The number of nitrogens with zero attached hydrogens (tertiary/aromatic N) is 1. The number of hydrogen-bond donors (Lipinski definition) is 1. The van der Waals surface area contributed by atoms with Crippen molar-refractivity contribution in [3.63, 3.8) is 0 Å². The summed E-state index contributed by atoms with van der Waals surface area (Å²) < 4.78 is 1.15. The Morgan fingerprint density at radius 2 is 1.76 bits per heavy atom. The van der Waals surface area contributed by atoms with E-state index < -0.39 is 5.60 Å². The lowest BCUT2D eigenvalue weighted by Gasteiger charge is -2.27. The van der Waals surface area contributed by atoms with Crippen molar-refractivity contribution in [3.8, 4) is 0 Å². The van der Waals surface area contributed by atoms with Crippen LogP contribution in [0.15, 0.2) is 54.6 Å². The molecule has 21 heavy (non-hydrogen) atoms. The lowest BCUT2D eigenvalue weighted by molar-refractivity contribution is 0.0336. The molecule has 1 N–H and O–H groups in total. The number of aromatic nitrogens is 1. The molecule has 2 aromatic carbocycles. The van der Waals surface area contributed by atoms with Gasteiger partial charge in [-0.3, -0.25) is 0 Å². The highest BCUT2D eigenvalue weighted by Gasteiger charge is 2.30. The summed E-state index contributed by atoms with van der Waals surface area (Å²) in [5.74, 6) is 0.413. The molecule has 0 saturated carbocycles. The number of fused-ring (bicyclic) bond motifs is 1. The number of para-hydroxylation sites is 1. The second kappa shape index (κ2) is 6.14.